The van der Waals surface area contributed by atoms with Crippen LogP contribution in [0.25, 0.3) is 0 Å². The average Bonchev–Trinajstić information content (AvgIpc) is 2.40. The van der Waals surface area contributed by atoms with Gasteiger partial charge in [-0.15, -0.1) is 0 Å². The molecular weight excluding hydrogens is 264 g/mol. The van der Waals surface area contributed by atoms with Gasteiger partial charge in [0, 0.05) is 26.2 Å². The molecule has 1 aromatic heterocycles. The number of hydrogen-bond acceptors (Lipinski definition) is 6. The molecule has 0 unspecified atom stereocenters. The fourth-order valence-corrected chi connectivity index (χ4v) is 2.49. The molecule has 1 fully saturated rings. The monoisotopic (exact) mass is 284 g/mol. The number of nitrogens with zero attached hydrogens (tertiary/aromatic N) is 4. The first-order valence-electron chi connectivity index (χ1n) is 6.79. The SMILES string of the molecule is CCCN1CCC(Nc2nc(Cl)nc(NC)n2)CC1. The molecule has 0 aliphatic carbocycles. The van der Waals surface area contributed by atoms with Gasteiger partial charge in [-0.25, -0.2) is 0 Å². The normalized spacial score (nSPS) is 17.4. The molecule has 2 N–H and O–H groups in total. The highest BCUT2D eigenvalue weighted by atomic mass is 35.5. The van der Waals surface area contributed by atoms with Crippen LogP contribution in [0.5, 0.6) is 0 Å². The summed E-state index contributed by atoms with van der Waals surface area (Å²) in [6, 6.07) is 0.413. The molecule has 0 aromatic carbocycles. The zero-order valence-corrected chi connectivity index (χ0v) is 12.2. The van der Waals surface area contributed by atoms with Crippen molar-refractivity contribution < 1.29 is 0 Å². The van der Waals surface area contributed by atoms with Gasteiger partial charge in [-0.05, 0) is 37.4 Å². The molecule has 2 heterocycles. The van der Waals surface area contributed by atoms with Crippen LogP contribution < -0.4 is 10.6 Å². The van der Waals surface area contributed by atoms with Crippen LogP contribution in [0.2, 0.25) is 5.28 Å². The van der Waals surface area contributed by atoms with Gasteiger partial charge in [-0.1, -0.05) is 6.92 Å². The maximum Gasteiger partial charge on any atom is 0.229 e. The Balaban J connectivity index is 1.90. The van der Waals surface area contributed by atoms with E-state index in [9.17, 15) is 0 Å². The quantitative estimate of drug-likeness (QED) is 0.860. The highest BCUT2D eigenvalue weighted by Crippen LogP contribution is 2.16. The second-order valence-corrected chi connectivity index (χ2v) is 5.10. The van der Waals surface area contributed by atoms with Crippen LogP contribution >= 0.6 is 11.6 Å². The maximum absolute atomic E-state index is 5.86. The lowest BCUT2D eigenvalue weighted by molar-refractivity contribution is 0.219. The van der Waals surface area contributed by atoms with Crippen LogP contribution in [0.4, 0.5) is 11.9 Å². The fourth-order valence-electron chi connectivity index (χ4n) is 2.33. The van der Waals surface area contributed by atoms with E-state index in [1.165, 1.54) is 13.0 Å². The summed E-state index contributed by atoms with van der Waals surface area (Å²) in [4.78, 5) is 14.8. The zero-order valence-electron chi connectivity index (χ0n) is 11.5. The second kappa shape index (κ2) is 6.86. The third-order valence-corrected chi connectivity index (χ3v) is 3.46. The maximum atomic E-state index is 5.86. The Morgan fingerprint density at radius 3 is 2.53 bits per heavy atom. The number of nitrogens with one attached hydrogen (secondary N) is 2. The first-order chi connectivity index (χ1) is 9.21. The van der Waals surface area contributed by atoms with Gasteiger partial charge in [-0.3, -0.25) is 0 Å². The van der Waals surface area contributed by atoms with Crippen molar-refractivity contribution in [3.05, 3.63) is 5.28 Å². The van der Waals surface area contributed by atoms with Gasteiger partial charge in [0.25, 0.3) is 0 Å². The van der Waals surface area contributed by atoms with E-state index >= 15 is 0 Å². The van der Waals surface area contributed by atoms with Gasteiger partial charge < -0.3 is 15.5 Å². The number of hydrogen-bond donors (Lipinski definition) is 2. The van der Waals surface area contributed by atoms with Crippen molar-refractivity contribution in [2.45, 2.75) is 32.2 Å². The molecule has 1 aliphatic heterocycles. The number of anilines is 2. The number of rotatable bonds is 5. The molecule has 0 atom stereocenters. The first-order valence-corrected chi connectivity index (χ1v) is 7.17. The molecule has 1 aliphatic rings. The molecule has 0 amide bonds. The predicted octanol–water partition coefficient (Wildman–Crippen LogP) is 1.85. The van der Waals surface area contributed by atoms with E-state index in [4.69, 9.17) is 11.6 Å². The van der Waals surface area contributed by atoms with E-state index in [0.29, 0.717) is 17.9 Å². The van der Waals surface area contributed by atoms with Crippen molar-refractivity contribution in [1.82, 2.24) is 19.9 Å². The zero-order chi connectivity index (χ0) is 13.7. The minimum atomic E-state index is 0.213. The second-order valence-electron chi connectivity index (χ2n) is 4.76. The summed E-state index contributed by atoms with van der Waals surface area (Å²) in [7, 11) is 1.76. The molecule has 19 heavy (non-hydrogen) atoms. The fraction of sp³-hybridized carbons (Fsp3) is 0.750. The molecule has 1 aromatic rings. The minimum Gasteiger partial charge on any atom is -0.357 e. The summed E-state index contributed by atoms with van der Waals surface area (Å²) in [6.07, 6.45) is 3.43. The third-order valence-electron chi connectivity index (χ3n) is 3.29. The summed E-state index contributed by atoms with van der Waals surface area (Å²) < 4.78 is 0. The van der Waals surface area contributed by atoms with E-state index in [2.05, 4.69) is 37.4 Å². The molecule has 0 radical (unpaired) electrons. The Bertz CT molecular complexity index is 405. The van der Waals surface area contributed by atoms with Crippen LogP contribution in [0.15, 0.2) is 0 Å². The lowest BCUT2D eigenvalue weighted by atomic mass is 10.1. The standard InChI is InChI=1S/C12H21ClN6/c1-3-6-19-7-4-9(5-8-19)15-12-17-10(13)16-11(14-2)18-12/h9H,3-8H2,1-2H3,(H2,14,15,16,17,18). The summed E-state index contributed by atoms with van der Waals surface area (Å²) in [5.74, 6) is 1.05. The summed E-state index contributed by atoms with van der Waals surface area (Å²) >= 11 is 5.86. The van der Waals surface area contributed by atoms with Crippen LogP contribution in [0.1, 0.15) is 26.2 Å². The lowest BCUT2D eigenvalue weighted by Gasteiger charge is -2.32. The van der Waals surface area contributed by atoms with Crippen molar-refractivity contribution in [2.24, 2.45) is 0 Å². The number of piperidine rings is 1. The van der Waals surface area contributed by atoms with Gasteiger partial charge in [-0.2, -0.15) is 15.0 Å². The Morgan fingerprint density at radius 2 is 1.89 bits per heavy atom. The van der Waals surface area contributed by atoms with Crippen LogP contribution in [-0.2, 0) is 0 Å². The van der Waals surface area contributed by atoms with Gasteiger partial charge >= 0.3 is 0 Å². The molecule has 7 heteroatoms. The third kappa shape index (κ3) is 4.18. The Kier molecular flexibility index (Phi) is 5.15. The van der Waals surface area contributed by atoms with Crippen LogP contribution in [0, 0.1) is 0 Å². The molecular formula is C12H21ClN6. The minimum absolute atomic E-state index is 0.213. The van der Waals surface area contributed by atoms with Gasteiger partial charge in [0.05, 0.1) is 0 Å². The summed E-state index contributed by atoms with van der Waals surface area (Å²) in [5, 5.41) is 6.43. The van der Waals surface area contributed by atoms with Crippen LogP contribution in [0.3, 0.4) is 0 Å². The van der Waals surface area contributed by atoms with Crippen molar-refractivity contribution in [2.75, 3.05) is 37.3 Å². The number of likely N-dealkylation sites (tertiary alicyclic amines) is 1. The lowest BCUT2D eigenvalue weighted by Crippen LogP contribution is -2.39. The molecule has 0 bridgehead atoms. The van der Waals surface area contributed by atoms with E-state index in [1.54, 1.807) is 7.05 Å². The Labute approximate surface area is 119 Å². The van der Waals surface area contributed by atoms with Crippen molar-refractivity contribution in [3.8, 4) is 0 Å². The summed E-state index contributed by atoms with van der Waals surface area (Å²) in [5.41, 5.74) is 0. The molecule has 6 nitrogen and oxygen atoms in total. The highest BCUT2D eigenvalue weighted by Gasteiger charge is 2.19. The molecule has 106 valence electrons. The number of aromatic nitrogens is 3. The van der Waals surface area contributed by atoms with Crippen molar-refractivity contribution in [3.63, 3.8) is 0 Å². The molecule has 0 saturated carbocycles. The van der Waals surface area contributed by atoms with Gasteiger partial charge in [0.1, 0.15) is 0 Å². The molecule has 2 rings (SSSR count). The van der Waals surface area contributed by atoms with E-state index < -0.39 is 0 Å². The van der Waals surface area contributed by atoms with Crippen molar-refractivity contribution in [1.29, 1.82) is 0 Å². The smallest absolute Gasteiger partial charge is 0.229 e. The average molecular weight is 285 g/mol. The largest absolute Gasteiger partial charge is 0.357 e. The summed E-state index contributed by atoms with van der Waals surface area (Å²) in [6.45, 7) is 5.66. The van der Waals surface area contributed by atoms with Crippen molar-refractivity contribution >= 4 is 23.5 Å². The van der Waals surface area contributed by atoms with E-state index in [0.717, 1.165) is 25.9 Å². The molecule has 1 saturated heterocycles. The first kappa shape index (κ1) is 14.3. The number of halogens is 1. The topological polar surface area (TPSA) is 66.0 Å². The Morgan fingerprint density at radius 1 is 1.21 bits per heavy atom. The Hall–Kier alpha value is -1.14. The van der Waals surface area contributed by atoms with Gasteiger partial charge in [0.2, 0.25) is 17.2 Å². The molecule has 0 spiro atoms. The van der Waals surface area contributed by atoms with E-state index in [1.807, 2.05) is 0 Å². The van der Waals surface area contributed by atoms with Gasteiger partial charge in [0.15, 0.2) is 0 Å². The van der Waals surface area contributed by atoms with E-state index in [-0.39, 0.29) is 5.28 Å². The predicted molar refractivity (Wildman–Crippen MR) is 77.8 cm³/mol. The highest BCUT2D eigenvalue weighted by molar-refractivity contribution is 6.28. The van der Waals surface area contributed by atoms with Crippen LogP contribution in [-0.4, -0.2) is 52.6 Å².